The number of aromatic hydroxyl groups is 1. The molecule has 0 saturated carbocycles. The molecule has 1 heterocycles. The van der Waals surface area contributed by atoms with Gasteiger partial charge in [-0.2, -0.15) is 24.4 Å². The van der Waals surface area contributed by atoms with Crippen LogP contribution in [0.3, 0.4) is 0 Å². The molecule has 0 aliphatic rings. The van der Waals surface area contributed by atoms with Gasteiger partial charge >= 0.3 is 21.1 Å². The minimum atomic E-state index is -0.178. The van der Waals surface area contributed by atoms with Crippen molar-refractivity contribution in [1.29, 1.82) is 0 Å². The third-order valence-electron chi connectivity index (χ3n) is 1.34. The molecular formula is C11H9NO2W. The van der Waals surface area contributed by atoms with Crippen molar-refractivity contribution in [3.8, 4) is 5.75 Å². The number of phenolic OH excluding ortho intramolecular Hbond substituents is 1. The van der Waals surface area contributed by atoms with Crippen molar-refractivity contribution in [3.63, 3.8) is 0 Å². The minimum absolute atomic E-state index is 0. The molecule has 4 heteroatoms. The Bertz CT molecular complexity index is 397. The van der Waals surface area contributed by atoms with Crippen molar-refractivity contribution in [2.75, 3.05) is 0 Å². The van der Waals surface area contributed by atoms with Gasteiger partial charge in [0.25, 0.3) is 0 Å². The quantitative estimate of drug-likeness (QED) is 0.709. The van der Waals surface area contributed by atoms with Gasteiger partial charge in [-0.1, -0.05) is 12.1 Å². The van der Waals surface area contributed by atoms with E-state index in [9.17, 15) is 4.79 Å². The van der Waals surface area contributed by atoms with E-state index < -0.39 is 0 Å². The Labute approximate surface area is 102 Å². The molecule has 3 nitrogen and oxygen atoms in total. The van der Waals surface area contributed by atoms with E-state index in [0.717, 1.165) is 0 Å². The summed E-state index contributed by atoms with van der Waals surface area (Å²) in [6.45, 7) is 0. The van der Waals surface area contributed by atoms with E-state index in [1.807, 2.05) is 0 Å². The number of aromatic nitrogens is 1. The predicted octanol–water partition coefficient (Wildman–Crippen LogP) is 1.19. The maximum atomic E-state index is 10.2. The molecule has 2 rings (SSSR count). The SMILES string of the molecule is O=c1cccc[n-]1.Oc1cc[c-]cc1.[W+2]. The summed E-state index contributed by atoms with van der Waals surface area (Å²) in [5.41, 5.74) is -0.178. The molecule has 0 unspecified atom stereocenters. The largest absolute Gasteiger partial charge is 2.00 e. The average molecular weight is 371 g/mol. The van der Waals surface area contributed by atoms with Crippen LogP contribution in [0.4, 0.5) is 0 Å². The first-order chi connectivity index (χ1) is 6.79. The molecule has 0 aliphatic carbocycles. The van der Waals surface area contributed by atoms with Crippen molar-refractivity contribution in [3.05, 3.63) is 65.1 Å². The van der Waals surface area contributed by atoms with Gasteiger partial charge < -0.3 is 14.9 Å². The van der Waals surface area contributed by atoms with Gasteiger partial charge in [0.05, 0.1) is 5.56 Å². The number of hydrogen-bond acceptors (Lipinski definition) is 2. The summed E-state index contributed by atoms with van der Waals surface area (Å²) >= 11 is 0. The van der Waals surface area contributed by atoms with E-state index in [4.69, 9.17) is 5.11 Å². The first-order valence-electron chi connectivity index (χ1n) is 4.02. The van der Waals surface area contributed by atoms with Gasteiger partial charge in [0.1, 0.15) is 0 Å². The fourth-order valence-electron chi connectivity index (χ4n) is 0.725. The average Bonchev–Trinajstić information content (AvgIpc) is 2.21. The van der Waals surface area contributed by atoms with Gasteiger partial charge in [-0.05, 0) is 6.07 Å². The third-order valence-corrected chi connectivity index (χ3v) is 1.34. The molecule has 1 N–H and O–H groups in total. The van der Waals surface area contributed by atoms with Gasteiger partial charge in [0.2, 0.25) is 0 Å². The van der Waals surface area contributed by atoms with E-state index >= 15 is 0 Å². The molecule has 0 amide bonds. The zero-order valence-electron chi connectivity index (χ0n) is 7.83. The first-order valence-corrected chi connectivity index (χ1v) is 4.02. The fourth-order valence-corrected chi connectivity index (χ4v) is 0.725. The third kappa shape index (κ3) is 6.69. The number of benzene rings is 1. The van der Waals surface area contributed by atoms with E-state index in [1.165, 1.54) is 12.3 Å². The van der Waals surface area contributed by atoms with Crippen molar-refractivity contribution < 1.29 is 26.2 Å². The molecule has 76 valence electrons. The molecule has 0 saturated heterocycles. The summed E-state index contributed by atoms with van der Waals surface area (Å²) in [5, 5.41) is 8.61. The summed E-state index contributed by atoms with van der Waals surface area (Å²) in [6.07, 6.45) is 1.47. The smallest absolute Gasteiger partial charge is 0.629 e. The van der Waals surface area contributed by atoms with Crippen LogP contribution in [0.5, 0.6) is 5.75 Å². The summed E-state index contributed by atoms with van der Waals surface area (Å²) in [5.74, 6) is 0.291. The van der Waals surface area contributed by atoms with Gasteiger partial charge in [0, 0.05) is 5.75 Å². The molecule has 15 heavy (non-hydrogen) atoms. The monoisotopic (exact) mass is 371 g/mol. The van der Waals surface area contributed by atoms with E-state index in [2.05, 4.69) is 11.1 Å². The van der Waals surface area contributed by atoms with Crippen molar-refractivity contribution in [2.24, 2.45) is 0 Å². The van der Waals surface area contributed by atoms with Crippen LogP contribution in [-0.4, -0.2) is 5.11 Å². The van der Waals surface area contributed by atoms with Crippen LogP contribution in [0.1, 0.15) is 0 Å². The summed E-state index contributed by atoms with van der Waals surface area (Å²) < 4.78 is 0. The summed E-state index contributed by atoms with van der Waals surface area (Å²) in [4.78, 5) is 13.6. The van der Waals surface area contributed by atoms with Crippen LogP contribution in [0, 0.1) is 6.07 Å². The number of pyridine rings is 1. The van der Waals surface area contributed by atoms with Crippen LogP contribution in [0.25, 0.3) is 0 Å². The summed E-state index contributed by atoms with van der Waals surface area (Å²) in [7, 11) is 0. The number of nitrogens with zero attached hydrogens (tertiary/aromatic N) is 1. The number of hydrogen-bond donors (Lipinski definition) is 1. The van der Waals surface area contributed by atoms with Gasteiger partial charge in [0.15, 0.2) is 0 Å². The minimum Gasteiger partial charge on any atom is -0.629 e. The van der Waals surface area contributed by atoms with Crippen molar-refractivity contribution in [1.82, 2.24) is 4.98 Å². The van der Waals surface area contributed by atoms with E-state index in [-0.39, 0.29) is 26.6 Å². The molecular weight excluding hydrogens is 362 g/mol. The standard InChI is InChI=1S/C6H5O.C5H5NO.W/c7-6-4-2-1-3-5-6;7-5-3-1-2-4-6-5;/h2-5,7H;1-4H,(H,6,7);/q-1;;+2/p-1. The van der Waals surface area contributed by atoms with Crippen molar-refractivity contribution in [2.45, 2.75) is 0 Å². The molecule has 0 radical (unpaired) electrons. The second-order valence-corrected chi connectivity index (χ2v) is 2.43. The molecule has 0 bridgehead atoms. The molecule has 0 fully saturated rings. The Morgan fingerprint density at radius 1 is 1.13 bits per heavy atom. The Kier molecular flexibility index (Phi) is 7.29. The van der Waals surface area contributed by atoms with Crippen LogP contribution in [-0.2, 0) is 21.1 Å². The fraction of sp³-hybridized carbons (Fsp3) is 0. The first kappa shape index (κ1) is 13.7. The molecule has 0 aliphatic heterocycles. The second-order valence-electron chi connectivity index (χ2n) is 2.43. The molecule has 0 atom stereocenters. The number of rotatable bonds is 0. The number of phenols is 1. The molecule has 1 aromatic carbocycles. The molecule has 2 aromatic rings. The van der Waals surface area contributed by atoms with E-state index in [1.54, 1.807) is 36.4 Å². The van der Waals surface area contributed by atoms with E-state index in [0.29, 0.717) is 5.75 Å². The second kappa shape index (κ2) is 8.01. The van der Waals surface area contributed by atoms with Crippen LogP contribution >= 0.6 is 0 Å². The molecule has 1 aromatic heterocycles. The van der Waals surface area contributed by atoms with Crippen LogP contribution < -0.4 is 10.5 Å². The zero-order valence-corrected chi connectivity index (χ0v) is 10.8. The van der Waals surface area contributed by atoms with Gasteiger partial charge in [-0.3, -0.25) is 0 Å². The predicted molar refractivity (Wildman–Crippen MR) is 53.0 cm³/mol. The van der Waals surface area contributed by atoms with Crippen LogP contribution in [0.2, 0.25) is 0 Å². The maximum Gasteiger partial charge on any atom is 2.00 e. The Balaban J connectivity index is 0.000000245. The molecule has 0 spiro atoms. The van der Waals surface area contributed by atoms with Gasteiger partial charge in [-0.25, -0.2) is 0 Å². The Hall–Kier alpha value is -1.34. The Morgan fingerprint density at radius 2 is 1.80 bits per heavy atom. The Morgan fingerprint density at radius 3 is 2.07 bits per heavy atom. The van der Waals surface area contributed by atoms with Gasteiger partial charge in [-0.15, -0.1) is 12.1 Å². The van der Waals surface area contributed by atoms with Crippen molar-refractivity contribution >= 4 is 0 Å². The normalized spacial score (nSPS) is 8.00. The van der Waals surface area contributed by atoms with Crippen LogP contribution in [0.15, 0.2) is 53.5 Å². The zero-order chi connectivity index (χ0) is 10.2. The summed E-state index contributed by atoms with van der Waals surface area (Å²) in [6, 6.07) is 14.1. The topological polar surface area (TPSA) is 51.4 Å². The maximum absolute atomic E-state index is 10.2.